The van der Waals surface area contributed by atoms with Crippen molar-refractivity contribution in [3.63, 3.8) is 0 Å². The first kappa shape index (κ1) is 18.0. The molecule has 8 heteroatoms. The third-order valence-corrected chi connectivity index (χ3v) is 5.07. The summed E-state index contributed by atoms with van der Waals surface area (Å²) < 4.78 is 30.7. The molecule has 2 heterocycles. The van der Waals surface area contributed by atoms with Gasteiger partial charge in [0.15, 0.2) is 5.82 Å². The molecule has 136 valence electrons. The summed E-state index contributed by atoms with van der Waals surface area (Å²) in [5, 5.41) is 4.06. The minimum Gasteiger partial charge on any atom is -0.338 e. The fourth-order valence-electron chi connectivity index (χ4n) is 3.13. The van der Waals surface area contributed by atoms with Crippen LogP contribution in [0.3, 0.4) is 0 Å². The monoisotopic (exact) mass is 364 g/mol. The van der Waals surface area contributed by atoms with E-state index in [0.29, 0.717) is 31.2 Å². The second kappa shape index (κ2) is 8.07. The van der Waals surface area contributed by atoms with Gasteiger partial charge < -0.3 is 4.52 Å². The lowest BCUT2D eigenvalue weighted by atomic mass is 10.0. The van der Waals surface area contributed by atoms with Crippen molar-refractivity contribution < 1.29 is 12.9 Å². The average molecular weight is 364 g/mol. The first-order valence-corrected chi connectivity index (χ1v) is 10.4. The van der Waals surface area contributed by atoms with E-state index >= 15 is 0 Å². The quantitative estimate of drug-likeness (QED) is 0.802. The van der Waals surface area contributed by atoms with E-state index in [1.807, 2.05) is 30.3 Å². The molecular formula is C17H24N4O3S. The van der Waals surface area contributed by atoms with Crippen molar-refractivity contribution in [2.75, 3.05) is 19.3 Å². The first-order chi connectivity index (χ1) is 12.0. The molecule has 1 saturated heterocycles. The van der Waals surface area contributed by atoms with Crippen molar-refractivity contribution in [3.8, 4) is 0 Å². The highest BCUT2D eigenvalue weighted by Gasteiger charge is 2.25. The molecule has 1 fully saturated rings. The molecule has 1 N–H and O–H groups in total. The van der Waals surface area contributed by atoms with Crippen molar-refractivity contribution >= 4 is 10.0 Å². The van der Waals surface area contributed by atoms with Crippen LogP contribution in [0.25, 0.3) is 0 Å². The molecule has 2 aromatic rings. The highest BCUT2D eigenvalue weighted by atomic mass is 32.2. The third kappa shape index (κ3) is 5.62. The molecule has 0 amide bonds. The van der Waals surface area contributed by atoms with Crippen LogP contribution < -0.4 is 4.72 Å². The molecule has 1 atom stereocenters. The van der Waals surface area contributed by atoms with Crippen molar-refractivity contribution in [1.29, 1.82) is 0 Å². The second-order valence-electron chi connectivity index (χ2n) is 6.51. The Kier molecular flexibility index (Phi) is 5.82. The Balaban J connectivity index is 1.60. The van der Waals surface area contributed by atoms with Gasteiger partial charge in [-0.25, -0.2) is 13.1 Å². The van der Waals surface area contributed by atoms with Gasteiger partial charge >= 0.3 is 0 Å². The van der Waals surface area contributed by atoms with E-state index < -0.39 is 10.0 Å². The van der Waals surface area contributed by atoms with Gasteiger partial charge in [-0.15, -0.1) is 0 Å². The number of likely N-dealkylation sites (tertiary alicyclic amines) is 1. The van der Waals surface area contributed by atoms with Crippen LogP contribution in [0.4, 0.5) is 0 Å². The maximum Gasteiger partial charge on any atom is 0.240 e. The van der Waals surface area contributed by atoms with Crippen LogP contribution in [0.5, 0.6) is 0 Å². The first-order valence-electron chi connectivity index (χ1n) is 8.54. The predicted octanol–water partition coefficient (Wildman–Crippen LogP) is 1.56. The van der Waals surface area contributed by atoms with Gasteiger partial charge in [0.05, 0.1) is 12.8 Å². The number of rotatable bonds is 7. The average Bonchev–Trinajstić information content (AvgIpc) is 3.01. The maximum atomic E-state index is 11.3. The van der Waals surface area contributed by atoms with Gasteiger partial charge in [-0.05, 0) is 24.9 Å². The summed E-state index contributed by atoms with van der Waals surface area (Å²) in [5.41, 5.74) is 1.14. The van der Waals surface area contributed by atoms with Crippen molar-refractivity contribution in [3.05, 3.63) is 47.6 Å². The van der Waals surface area contributed by atoms with Crippen LogP contribution in [-0.4, -0.2) is 48.8 Å². The number of hydrogen-bond donors (Lipinski definition) is 1. The van der Waals surface area contributed by atoms with E-state index in [2.05, 4.69) is 19.8 Å². The molecule has 3 rings (SSSR count). The molecule has 0 bridgehead atoms. The SMILES string of the molecule is CS(=O)(=O)NC[C@@H]1CCCCN1Cc1nc(Cc2ccccc2)no1. The van der Waals surface area contributed by atoms with E-state index in [0.717, 1.165) is 31.4 Å². The number of aromatic nitrogens is 2. The maximum absolute atomic E-state index is 11.3. The minimum absolute atomic E-state index is 0.160. The number of hydrogen-bond acceptors (Lipinski definition) is 6. The van der Waals surface area contributed by atoms with Crippen LogP contribution in [0.1, 0.15) is 36.5 Å². The lowest BCUT2D eigenvalue weighted by Crippen LogP contribution is -2.46. The Morgan fingerprint density at radius 2 is 2.08 bits per heavy atom. The number of sulfonamides is 1. The van der Waals surface area contributed by atoms with Gasteiger partial charge in [-0.1, -0.05) is 41.9 Å². The van der Waals surface area contributed by atoms with Crippen LogP contribution in [-0.2, 0) is 23.0 Å². The molecule has 0 unspecified atom stereocenters. The summed E-state index contributed by atoms with van der Waals surface area (Å²) in [4.78, 5) is 6.71. The second-order valence-corrected chi connectivity index (χ2v) is 8.34. The van der Waals surface area contributed by atoms with Crippen LogP contribution >= 0.6 is 0 Å². The van der Waals surface area contributed by atoms with E-state index in [9.17, 15) is 8.42 Å². The standard InChI is InChI=1S/C17H24N4O3S/c1-25(22,23)18-12-15-9-5-6-10-21(15)13-17-19-16(20-24-17)11-14-7-3-2-4-8-14/h2-4,7-8,15,18H,5-6,9-13H2,1H3/t15-/m0/s1. The lowest BCUT2D eigenvalue weighted by Gasteiger charge is -2.34. The smallest absolute Gasteiger partial charge is 0.240 e. The van der Waals surface area contributed by atoms with Crippen molar-refractivity contribution in [2.45, 2.75) is 38.3 Å². The number of nitrogens with zero attached hydrogens (tertiary/aromatic N) is 3. The summed E-state index contributed by atoms with van der Waals surface area (Å²) in [6.07, 6.45) is 5.00. The van der Waals surface area contributed by atoms with E-state index in [1.165, 1.54) is 6.26 Å². The van der Waals surface area contributed by atoms with Gasteiger partial charge in [-0.2, -0.15) is 4.98 Å². The van der Waals surface area contributed by atoms with Crippen LogP contribution in [0.15, 0.2) is 34.9 Å². The summed E-state index contributed by atoms with van der Waals surface area (Å²) in [6, 6.07) is 10.2. The fourth-order valence-corrected chi connectivity index (χ4v) is 3.62. The molecule has 7 nitrogen and oxygen atoms in total. The lowest BCUT2D eigenvalue weighted by molar-refractivity contribution is 0.125. The van der Waals surface area contributed by atoms with Crippen LogP contribution in [0, 0.1) is 0 Å². The highest BCUT2D eigenvalue weighted by Crippen LogP contribution is 2.19. The predicted molar refractivity (Wildman–Crippen MR) is 94.4 cm³/mol. The van der Waals surface area contributed by atoms with Crippen molar-refractivity contribution in [2.24, 2.45) is 0 Å². The number of benzene rings is 1. The molecule has 0 spiro atoms. The summed E-state index contributed by atoms with van der Waals surface area (Å²) in [6.45, 7) is 1.88. The Morgan fingerprint density at radius 1 is 1.28 bits per heavy atom. The van der Waals surface area contributed by atoms with Gasteiger partial charge in [0.1, 0.15) is 0 Å². The molecule has 1 aliphatic rings. The number of piperidine rings is 1. The Hall–Kier alpha value is -1.77. The van der Waals surface area contributed by atoms with Crippen molar-refractivity contribution in [1.82, 2.24) is 19.8 Å². The summed E-state index contributed by atoms with van der Waals surface area (Å²) in [5.74, 6) is 1.25. The molecule has 1 aromatic heterocycles. The Bertz CT molecular complexity index is 776. The fraction of sp³-hybridized carbons (Fsp3) is 0.529. The molecule has 1 aliphatic heterocycles. The zero-order chi connectivity index (χ0) is 17.7. The van der Waals surface area contributed by atoms with Gasteiger partial charge in [0.2, 0.25) is 15.9 Å². The Morgan fingerprint density at radius 3 is 2.84 bits per heavy atom. The molecular weight excluding hydrogens is 340 g/mol. The topological polar surface area (TPSA) is 88.3 Å². The number of nitrogens with one attached hydrogen (secondary N) is 1. The van der Waals surface area contributed by atoms with E-state index in [1.54, 1.807) is 0 Å². The molecule has 0 saturated carbocycles. The zero-order valence-corrected chi connectivity index (χ0v) is 15.2. The van der Waals surface area contributed by atoms with Crippen LogP contribution in [0.2, 0.25) is 0 Å². The molecule has 1 aromatic carbocycles. The molecule has 25 heavy (non-hydrogen) atoms. The summed E-state index contributed by atoms with van der Waals surface area (Å²) in [7, 11) is -3.18. The summed E-state index contributed by atoms with van der Waals surface area (Å²) >= 11 is 0. The molecule has 0 aliphatic carbocycles. The minimum atomic E-state index is -3.18. The largest absolute Gasteiger partial charge is 0.338 e. The highest BCUT2D eigenvalue weighted by molar-refractivity contribution is 7.88. The normalized spacial score (nSPS) is 19.2. The van der Waals surface area contributed by atoms with E-state index in [-0.39, 0.29) is 6.04 Å². The van der Waals surface area contributed by atoms with Gasteiger partial charge in [0.25, 0.3) is 0 Å². The van der Waals surface area contributed by atoms with Gasteiger partial charge in [0, 0.05) is 19.0 Å². The molecule has 0 radical (unpaired) electrons. The zero-order valence-electron chi connectivity index (χ0n) is 14.4. The Labute approximate surface area is 148 Å². The van der Waals surface area contributed by atoms with E-state index in [4.69, 9.17) is 4.52 Å². The van der Waals surface area contributed by atoms with Gasteiger partial charge in [-0.3, -0.25) is 4.90 Å². The third-order valence-electron chi connectivity index (χ3n) is 4.38.